The Morgan fingerprint density at radius 2 is 1.48 bits per heavy atom. The van der Waals surface area contributed by atoms with Gasteiger partial charge in [-0.1, -0.05) is 25.0 Å². The minimum absolute atomic E-state index is 0. The molecule has 0 aliphatic carbocycles. The van der Waals surface area contributed by atoms with Crippen molar-refractivity contribution in [2.45, 2.75) is 53.4 Å². The van der Waals surface area contributed by atoms with Crippen LogP contribution in [0.2, 0.25) is 0 Å². The molecule has 0 aromatic carbocycles. The number of unbranched alkanes of at least 4 members (excludes halogenated alkanes) is 2. The smallest absolute Gasteiger partial charge is 0.729 e. The molecular formula is C18H27Li3. The number of terminal acetylenes is 2. The molecular weight excluding hydrogens is 237 g/mol. The zero-order chi connectivity index (χ0) is 15.2. The first kappa shape index (κ1) is 42.9. The minimum Gasteiger partial charge on any atom is -0.729 e. The topological polar surface area (TPSA) is 0 Å². The van der Waals surface area contributed by atoms with E-state index in [2.05, 4.69) is 59.0 Å². The average molecular weight is 264 g/mol. The molecule has 0 fully saturated rings. The second-order valence-corrected chi connectivity index (χ2v) is 3.34. The molecule has 0 rings (SSSR count). The van der Waals surface area contributed by atoms with Crippen LogP contribution in [0.1, 0.15) is 53.4 Å². The summed E-state index contributed by atoms with van der Waals surface area (Å²) in [4.78, 5) is 0. The van der Waals surface area contributed by atoms with Crippen molar-refractivity contribution in [2.24, 2.45) is 0 Å². The molecule has 0 saturated carbocycles. The molecule has 0 heterocycles. The summed E-state index contributed by atoms with van der Waals surface area (Å²) in [6, 6.07) is 0. The largest absolute Gasteiger partial charge is 1.00 e. The van der Waals surface area contributed by atoms with Crippen LogP contribution < -0.4 is 56.6 Å². The molecule has 0 atom stereocenters. The SMILES string of the molecule is C#CC.C#CCCC=C(C)C.[C-]#C[CH2-].[CH2-]CCC.[Li+].[Li+].[Li+]. The molecule has 3 heteroatoms. The molecule has 0 saturated heterocycles. The van der Waals surface area contributed by atoms with Crippen molar-refractivity contribution in [3.63, 3.8) is 0 Å². The fourth-order valence-corrected chi connectivity index (χ4v) is 0.444. The van der Waals surface area contributed by atoms with Crippen LogP contribution in [0.5, 0.6) is 0 Å². The molecule has 0 spiro atoms. The summed E-state index contributed by atoms with van der Waals surface area (Å²) in [6.07, 6.45) is 21.8. The maximum Gasteiger partial charge on any atom is 1.00 e. The molecule has 0 aromatic heterocycles. The van der Waals surface area contributed by atoms with Gasteiger partial charge in [-0.15, -0.1) is 24.7 Å². The van der Waals surface area contributed by atoms with Gasteiger partial charge in [0, 0.05) is 6.42 Å². The Hall–Kier alpha value is 0.0822. The van der Waals surface area contributed by atoms with E-state index in [1.165, 1.54) is 12.0 Å². The van der Waals surface area contributed by atoms with Gasteiger partial charge in [-0.25, -0.2) is 0 Å². The third-order valence-electron chi connectivity index (χ3n) is 1.19. The molecule has 0 amide bonds. The summed E-state index contributed by atoms with van der Waals surface area (Å²) in [7, 11) is 0. The van der Waals surface area contributed by atoms with Crippen molar-refractivity contribution < 1.29 is 56.6 Å². The van der Waals surface area contributed by atoms with E-state index in [-0.39, 0.29) is 56.6 Å². The van der Waals surface area contributed by atoms with Gasteiger partial charge in [-0.3, -0.25) is 0 Å². The van der Waals surface area contributed by atoms with Gasteiger partial charge >= 0.3 is 56.6 Å². The van der Waals surface area contributed by atoms with E-state index in [1.54, 1.807) is 12.8 Å². The van der Waals surface area contributed by atoms with E-state index in [1.807, 2.05) is 0 Å². The van der Waals surface area contributed by atoms with E-state index < -0.39 is 0 Å². The summed E-state index contributed by atoms with van der Waals surface area (Å²) in [6.45, 7) is 14.4. The Kier molecular flexibility index (Phi) is 122. The first-order chi connectivity index (χ1) is 8.51. The predicted molar refractivity (Wildman–Crippen MR) is 84.8 cm³/mol. The molecule has 0 unspecified atom stereocenters. The van der Waals surface area contributed by atoms with Gasteiger partial charge in [-0.05, 0) is 27.2 Å². The molecule has 0 bridgehead atoms. The van der Waals surface area contributed by atoms with Crippen molar-refractivity contribution in [3.8, 4) is 30.6 Å². The quantitative estimate of drug-likeness (QED) is 0.160. The predicted octanol–water partition coefficient (Wildman–Crippen LogP) is -3.95. The number of hydrogen-bond acceptors (Lipinski definition) is 0. The van der Waals surface area contributed by atoms with Crippen LogP contribution in [0.3, 0.4) is 0 Å². The van der Waals surface area contributed by atoms with Crippen molar-refractivity contribution >= 4 is 0 Å². The van der Waals surface area contributed by atoms with Gasteiger partial charge in [0.05, 0.1) is 0 Å². The molecule has 0 aromatic rings. The monoisotopic (exact) mass is 264 g/mol. The fourth-order valence-electron chi connectivity index (χ4n) is 0.444. The summed E-state index contributed by atoms with van der Waals surface area (Å²) < 4.78 is 0. The number of allylic oxidation sites excluding steroid dienone is 2. The van der Waals surface area contributed by atoms with Gasteiger partial charge in [0.25, 0.3) is 0 Å². The number of hydrogen-bond donors (Lipinski definition) is 0. The molecule has 0 radical (unpaired) electrons. The van der Waals surface area contributed by atoms with Crippen molar-refractivity contribution in [2.75, 3.05) is 0 Å². The van der Waals surface area contributed by atoms with E-state index in [4.69, 9.17) is 12.8 Å². The van der Waals surface area contributed by atoms with Crippen molar-refractivity contribution in [3.05, 3.63) is 31.9 Å². The van der Waals surface area contributed by atoms with Crippen LogP contribution in [0, 0.1) is 50.9 Å². The summed E-state index contributed by atoms with van der Waals surface area (Å²) in [5.41, 5.74) is 1.35. The normalized spacial score (nSPS) is 5.05. The Morgan fingerprint density at radius 1 is 1.19 bits per heavy atom. The van der Waals surface area contributed by atoms with Crippen molar-refractivity contribution in [1.82, 2.24) is 0 Å². The van der Waals surface area contributed by atoms with Gasteiger partial charge < -0.3 is 26.2 Å². The van der Waals surface area contributed by atoms with Crippen LogP contribution in [0.15, 0.2) is 11.6 Å². The average Bonchev–Trinajstić information content (AvgIpc) is 2.31. The van der Waals surface area contributed by atoms with Crippen LogP contribution >= 0.6 is 0 Å². The Labute approximate surface area is 171 Å². The molecule has 0 N–H and O–H groups in total. The molecule has 0 aliphatic heterocycles. The number of rotatable bonds is 3. The zero-order valence-electron chi connectivity index (χ0n) is 15.5. The van der Waals surface area contributed by atoms with E-state index in [9.17, 15) is 0 Å². The second kappa shape index (κ2) is 59.5. The Bertz CT molecular complexity index is 254. The van der Waals surface area contributed by atoms with E-state index in [0.29, 0.717) is 0 Å². The van der Waals surface area contributed by atoms with E-state index >= 15 is 0 Å². The first-order valence-corrected chi connectivity index (χ1v) is 5.94. The van der Waals surface area contributed by atoms with Crippen LogP contribution in [0.4, 0.5) is 0 Å². The van der Waals surface area contributed by atoms with E-state index in [0.717, 1.165) is 19.3 Å². The Balaban J connectivity index is -0.0000000262. The Morgan fingerprint density at radius 3 is 1.62 bits per heavy atom. The summed E-state index contributed by atoms with van der Waals surface area (Å²) >= 11 is 0. The summed E-state index contributed by atoms with van der Waals surface area (Å²) in [5, 5.41) is 0. The van der Waals surface area contributed by atoms with Crippen LogP contribution in [-0.4, -0.2) is 0 Å². The van der Waals surface area contributed by atoms with Crippen LogP contribution in [0.25, 0.3) is 0 Å². The van der Waals surface area contributed by atoms with Crippen molar-refractivity contribution in [1.29, 1.82) is 0 Å². The molecule has 102 valence electrons. The molecule has 0 nitrogen and oxygen atoms in total. The van der Waals surface area contributed by atoms with Gasteiger partial charge in [0.1, 0.15) is 0 Å². The maximum absolute atomic E-state index is 5.85. The second-order valence-electron chi connectivity index (χ2n) is 3.34. The first-order valence-electron chi connectivity index (χ1n) is 5.94. The fraction of sp³-hybridized carbons (Fsp3) is 0.444. The van der Waals surface area contributed by atoms with Gasteiger partial charge in [0.2, 0.25) is 0 Å². The standard InChI is InChI=1S/C8H12.C4H9.C3H4.C3H2.3Li/c1-4-5-6-7-8(2)3;1-3-4-2;2*1-3-2;;;/h1,7H,5-6H2,2-3H3;1,3-4H2,2H3;1H,2H3;1H2;;;/q;-1;;-2;3*+1. The van der Waals surface area contributed by atoms with Gasteiger partial charge in [0.15, 0.2) is 0 Å². The molecule has 21 heavy (non-hydrogen) atoms. The third kappa shape index (κ3) is 177. The third-order valence-corrected chi connectivity index (χ3v) is 1.19. The minimum atomic E-state index is 0. The summed E-state index contributed by atoms with van der Waals surface area (Å²) in [5.74, 6) is 6.58. The maximum atomic E-state index is 5.85. The van der Waals surface area contributed by atoms with Gasteiger partial charge in [-0.2, -0.15) is 6.42 Å². The van der Waals surface area contributed by atoms with Crippen LogP contribution in [-0.2, 0) is 0 Å². The zero-order valence-corrected chi connectivity index (χ0v) is 15.5. The molecule has 0 aliphatic rings.